The number of hydrogen-bond donors (Lipinski definition) is 2. The zero-order valence-corrected chi connectivity index (χ0v) is 13.2. The number of rotatable bonds is 5. The fraction of sp³-hybridized carbons (Fsp3) is 0.769. The Morgan fingerprint density at radius 3 is 2.21 bits per heavy atom. The highest BCUT2D eigenvalue weighted by Gasteiger charge is 2.34. The van der Waals surface area contributed by atoms with Gasteiger partial charge in [0.05, 0.1) is 5.41 Å². The molecule has 3 N–H and O–H groups in total. The molecule has 0 bridgehead atoms. The summed E-state index contributed by atoms with van der Waals surface area (Å²) in [5, 5.41) is 12.5. The molecule has 0 aliphatic heterocycles. The average molecular weight is 284 g/mol. The predicted molar refractivity (Wildman–Crippen MR) is 79.3 cm³/mol. The van der Waals surface area contributed by atoms with Crippen molar-refractivity contribution in [2.24, 2.45) is 11.1 Å². The van der Waals surface area contributed by atoms with E-state index in [1.807, 2.05) is 13.8 Å². The van der Waals surface area contributed by atoms with Gasteiger partial charge in [-0.1, -0.05) is 46.0 Å². The van der Waals surface area contributed by atoms with Gasteiger partial charge in [0, 0.05) is 12.0 Å². The highest BCUT2D eigenvalue weighted by molar-refractivity contribution is 7.15. The van der Waals surface area contributed by atoms with Gasteiger partial charge in [0.15, 0.2) is 0 Å². The van der Waals surface area contributed by atoms with E-state index in [4.69, 9.17) is 5.73 Å². The summed E-state index contributed by atoms with van der Waals surface area (Å²) in [5.41, 5.74) is 5.20. The standard InChI is InChI=1S/C13H24N4OS/c1-6-13(7-2,8-14)9(18)15-11-17-16-10(19-11)12(3,4)5/h6-8,14H2,1-5H3,(H,15,17,18). The summed E-state index contributed by atoms with van der Waals surface area (Å²) in [4.78, 5) is 12.3. The number of aromatic nitrogens is 2. The van der Waals surface area contributed by atoms with E-state index in [1.165, 1.54) is 11.3 Å². The van der Waals surface area contributed by atoms with Gasteiger partial charge in [-0.15, -0.1) is 10.2 Å². The molecule has 19 heavy (non-hydrogen) atoms. The SMILES string of the molecule is CCC(CC)(CN)C(=O)Nc1nnc(C(C)(C)C)s1. The lowest BCUT2D eigenvalue weighted by molar-refractivity contribution is -0.125. The lowest BCUT2D eigenvalue weighted by atomic mass is 9.81. The van der Waals surface area contributed by atoms with E-state index in [1.54, 1.807) is 0 Å². The average Bonchev–Trinajstić information content (AvgIpc) is 2.80. The molecule has 6 heteroatoms. The van der Waals surface area contributed by atoms with E-state index < -0.39 is 5.41 Å². The number of anilines is 1. The zero-order valence-electron chi connectivity index (χ0n) is 12.4. The van der Waals surface area contributed by atoms with Crippen molar-refractivity contribution in [3.8, 4) is 0 Å². The first-order chi connectivity index (χ1) is 8.79. The minimum absolute atomic E-state index is 0.0545. The van der Waals surface area contributed by atoms with Crippen molar-refractivity contribution in [2.75, 3.05) is 11.9 Å². The van der Waals surface area contributed by atoms with E-state index in [-0.39, 0.29) is 11.3 Å². The van der Waals surface area contributed by atoms with E-state index in [0.29, 0.717) is 11.7 Å². The van der Waals surface area contributed by atoms with E-state index >= 15 is 0 Å². The molecule has 0 saturated carbocycles. The Bertz CT molecular complexity index is 424. The molecule has 1 aromatic heterocycles. The lowest BCUT2D eigenvalue weighted by Crippen LogP contribution is -2.41. The van der Waals surface area contributed by atoms with Crippen LogP contribution in [0, 0.1) is 5.41 Å². The lowest BCUT2D eigenvalue weighted by Gasteiger charge is -2.27. The Labute approximate surface area is 119 Å². The van der Waals surface area contributed by atoms with Crippen LogP contribution < -0.4 is 11.1 Å². The van der Waals surface area contributed by atoms with Gasteiger partial charge in [-0.3, -0.25) is 10.1 Å². The molecule has 0 aliphatic carbocycles. The highest BCUT2D eigenvalue weighted by atomic mass is 32.1. The number of amides is 1. The maximum absolute atomic E-state index is 12.3. The van der Waals surface area contributed by atoms with E-state index in [2.05, 4.69) is 36.3 Å². The van der Waals surface area contributed by atoms with Crippen molar-refractivity contribution in [3.63, 3.8) is 0 Å². The van der Waals surface area contributed by atoms with Crippen LogP contribution in [0.2, 0.25) is 0 Å². The molecule has 108 valence electrons. The second kappa shape index (κ2) is 5.96. The van der Waals surface area contributed by atoms with Gasteiger partial charge in [-0.25, -0.2) is 0 Å². The summed E-state index contributed by atoms with van der Waals surface area (Å²) in [5.74, 6) is -0.0587. The van der Waals surface area contributed by atoms with Gasteiger partial charge in [0.25, 0.3) is 0 Å². The van der Waals surface area contributed by atoms with Crippen LogP contribution in [-0.2, 0) is 10.2 Å². The zero-order chi connectivity index (χ0) is 14.7. The molecule has 0 radical (unpaired) electrons. The summed E-state index contributed by atoms with van der Waals surface area (Å²) in [6.45, 7) is 10.5. The fourth-order valence-electron chi connectivity index (χ4n) is 1.76. The second-order valence-corrected chi connectivity index (χ2v) is 6.79. The Morgan fingerprint density at radius 1 is 1.26 bits per heavy atom. The first kappa shape index (κ1) is 16.0. The number of carbonyl (C=O) groups is 1. The summed E-state index contributed by atoms with van der Waals surface area (Å²) < 4.78 is 0. The third-order valence-corrected chi connectivity index (χ3v) is 4.78. The molecule has 0 aromatic carbocycles. The van der Waals surface area contributed by atoms with E-state index in [0.717, 1.165) is 17.8 Å². The molecule has 0 aliphatic rings. The maximum atomic E-state index is 12.3. The molecule has 5 nitrogen and oxygen atoms in total. The Morgan fingerprint density at radius 2 is 1.84 bits per heavy atom. The van der Waals surface area contributed by atoms with Crippen LogP contribution in [-0.4, -0.2) is 22.6 Å². The van der Waals surface area contributed by atoms with Crippen molar-refractivity contribution in [2.45, 2.75) is 52.9 Å². The van der Waals surface area contributed by atoms with Crippen LogP contribution in [0.4, 0.5) is 5.13 Å². The van der Waals surface area contributed by atoms with E-state index in [9.17, 15) is 4.79 Å². The molecule has 1 amide bonds. The fourth-order valence-corrected chi connectivity index (χ4v) is 2.56. The van der Waals surface area contributed by atoms with Crippen LogP contribution in [0.15, 0.2) is 0 Å². The van der Waals surface area contributed by atoms with Gasteiger partial charge < -0.3 is 5.73 Å². The van der Waals surface area contributed by atoms with Crippen LogP contribution in [0.1, 0.15) is 52.5 Å². The summed E-state index contributed by atoms with van der Waals surface area (Å²) in [7, 11) is 0. The summed E-state index contributed by atoms with van der Waals surface area (Å²) >= 11 is 1.42. The molecule has 1 rings (SSSR count). The van der Waals surface area contributed by atoms with Crippen LogP contribution in [0.3, 0.4) is 0 Å². The molecular formula is C13H24N4OS. The summed E-state index contributed by atoms with van der Waals surface area (Å²) in [6, 6.07) is 0. The third-order valence-electron chi connectivity index (χ3n) is 3.51. The van der Waals surface area contributed by atoms with Crippen LogP contribution >= 0.6 is 11.3 Å². The minimum Gasteiger partial charge on any atom is -0.329 e. The van der Waals surface area contributed by atoms with Crippen LogP contribution in [0.5, 0.6) is 0 Å². The van der Waals surface area contributed by atoms with Crippen molar-refractivity contribution < 1.29 is 4.79 Å². The van der Waals surface area contributed by atoms with Gasteiger partial charge in [-0.2, -0.15) is 0 Å². The van der Waals surface area contributed by atoms with Crippen molar-refractivity contribution in [3.05, 3.63) is 5.01 Å². The molecule has 0 atom stereocenters. The van der Waals surface area contributed by atoms with Gasteiger partial charge in [-0.05, 0) is 12.8 Å². The monoisotopic (exact) mass is 284 g/mol. The molecular weight excluding hydrogens is 260 g/mol. The van der Waals surface area contributed by atoms with Gasteiger partial charge in [0.1, 0.15) is 5.01 Å². The molecule has 1 aromatic rings. The molecule has 0 fully saturated rings. The maximum Gasteiger partial charge on any atom is 0.233 e. The number of nitrogens with zero attached hydrogens (tertiary/aromatic N) is 2. The third kappa shape index (κ3) is 3.51. The predicted octanol–water partition coefficient (Wildman–Crippen LogP) is 2.54. The van der Waals surface area contributed by atoms with Gasteiger partial charge >= 0.3 is 0 Å². The smallest absolute Gasteiger partial charge is 0.233 e. The highest BCUT2D eigenvalue weighted by Crippen LogP contribution is 2.30. The normalized spacial score (nSPS) is 12.5. The first-order valence-electron chi connectivity index (χ1n) is 6.64. The topological polar surface area (TPSA) is 80.9 Å². The largest absolute Gasteiger partial charge is 0.329 e. The van der Waals surface area contributed by atoms with Crippen molar-refractivity contribution in [1.29, 1.82) is 0 Å². The Kier molecular flexibility index (Phi) is 5.04. The summed E-state index contributed by atoms with van der Waals surface area (Å²) in [6.07, 6.45) is 1.44. The molecule has 0 saturated heterocycles. The van der Waals surface area contributed by atoms with Crippen molar-refractivity contribution in [1.82, 2.24) is 10.2 Å². The number of nitrogens with one attached hydrogen (secondary N) is 1. The molecule has 0 spiro atoms. The Hall–Kier alpha value is -1.01. The molecule has 1 heterocycles. The molecule has 0 unspecified atom stereocenters. The van der Waals surface area contributed by atoms with Gasteiger partial charge in [0.2, 0.25) is 11.0 Å². The van der Waals surface area contributed by atoms with Crippen LogP contribution in [0.25, 0.3) is 0 Å². The number of carbonyl (C=O) groups excluding carboxylic acids is 1. The van der Waals surface area contributed by atoms with Crippen molar-refractivity contribution >= 4 is 22.4 Å². The first-order valence-corrected chi connectivity index (χ1v) is 7.46. The number of nitrogens with two attached hydrogens (primary N) is 1. The Balaban J connectivity index is 2.85. The quantitative estimate of drug-likeness (QED) is 0.870. The number of hydrogen-bond acceptors (Lipinski definition) is 5. The second-order valence-electron chi connectivity index (χ2n) is 5.81. The minimum atomic E-state index is -0.506.